The van der Waals surface area contributed by atoms with E-state index in [1.165, 1.54) is 17.0 Å². The highest BCUT2D eigenvalue weighted by atomic mass is 32.1. The summed E-state index contributed by atoms with van der Waals surface area (Å²) in [5, 5.41) is 4.58. The lowest BCUT2D eigenvalue weighted by molar-refractivity contribution is -0.132. The minimum atomic E-state index is -0.527. The van der Waals surface area contributed by atoms with Gasteiger partial charge in [0, 0.05) is 18.0 Å². The zero-order valence-corrected chi connectivity index (χ0v) is 22.5. The van der Waals surface area contributed by atoms with Gasteiger partial charge in [-0.3, -0.25) is 4.79 Å². The molecule has 3 aromatic rings. The number of rotatable bonds is 12. The molecule has 0 aliphatic rings. The minimum Gasteiger partial charge on any atom is -0.493 e. The molecular formula is C28H34FN3O4S. The topological polar surface area (TPSA) is 71.1 Å². The van der Waals surface area contributed by atoms with E-state index in [4.69, 9.17) is 9.47 Å². The van der Waals surface area contributed by atoms with Gasteiger partial charge in [-0.15, -0.1) is 11.3 Å². The fraction of sp³-hybridized carbons (Fsp3) is 0.357. The van der Waals surface area contributed by atoms with Gasteiger partial charge in [0.1, 0.15) is 12.4 Å². The van der Waals surface area contributed by atoms with Gasteiger partial charge in [-0.2, -0.15) is 0 Å². The Morgan fingerprint density at radius 1 is 1.00 bits per heavy atom. The van der Waals surface area contributed by atoms with E-state index in [-0.39, 0.29) is 24.1 Å². The van der Waals surface area contributed by atoms with Crippen molar-refractivity contribution in [1.82, 2.24) is 9.80 Å². The monoisotopic (exact) mass is 527 g/mol. The first-order valence-electron chi connectivity index (χ1n) is 12.1. The van der Waals surface area contributed by atoms with Crippen molar-refractivity contribution in [2.24, 2.45) is 5.92 Å². The van der Waals surface area contributed by atoms with Crippen molar-refractivity contribution in [2.75, 3.05) is 39.2 Å². The van der Waals surface area contributed by atoms with Crippen molar-refractivity contribution in [1.29, 1.82) is 0 Å². The molecule has 0 aliphatic carbocycles. The van der Waals surface area contributed by atoms with E-state index in [9.17, 15) is 14.0 Å². The lowest BCUT2D eigenvalue weighted by Crippen LogP contribution is -2.46. The molecule has 2 aromatic carbocycles. The Bertz CT molecular complexity index is 1170. The van der Waals surface area contributed by atoms with Crippen LogP contribution in [0.5, 0.6) is 11.5 Å². The summed E-state index contributed by atoms with van der Waals surface area (Å²) < 4.78 is 24.8. The molecule has 0 fully saturated rings. The molecule has 0 spiro atoms. The van der Waals surface area contributed by atoms with Gasteiger partial charge in [-0.25, -0.2) is 9.18 Å². The molecule has 0 saturated heterocycles. The summed E-state index contributed by atoms with van der Waals surface area (Å²) in [5.74, 6) is 0.683. The van der Waals surface area contributed by atoms with Gasteiger partial charge in [0.05, 0.1) is 26.5 Å². The van der Waals surface area contributed by atoms with Gasteiger partial charge >= 0.3 is 6.03 Å². The highest BCUT2D eigenvalue weighted by Crippen LogP contribution is 2.28. The lowest BCUT2D eigenvalue weighted by atomic mass is 10.1. The zero-order valence-electron chi connectivity index (χ0n) is 21.7. The molecule has 3 rings (SSSR count). The Hall–Kier alpha value is -3.59. The number of nitrogens with one attached hydrogen (secondary N) is 1. The molecular weight excluding hydrogens is 493 g/mol. The molecule has 37 heavy (non-hydrogen) atoms. The normalized spacial score (nSPS) is 10.8. The molecule has 198 valence electrons. The van der Waals surface area contributed by atoms with E-state index in [1.807, 2.05) is 49.6 Å². The van der Waals surface area contributed by atoms with E-state index in [0.29, 0.717) is 37.6 Å². The summed E-state index contributed by atoms with van der Waals surface area (Å²) in [7, 11) is 3.17. The third kappa shape index (κ3) is 8.21. The Morgan fingerprint density at radius 3 is 2.41 bits per heavy atom. The molecule has 0 bridgehead atoms. The standard InChI is InChI=1S/C28H34FN3O4S/c1-20(2)17-32(28(34)30-24-10-6-5-9-23(24)29)19-27(33)31(18-22-8-7-15-37-22)14-13-21-11-12-25(35-3)26(16-21)36-4/h5-12,15-16,20H,13-14,17-19H2,1-4H3,(H,30,34). The maximum absolute atomic E-state index is 14.1. The van der Waals surface area contributed by atoms with Crippen LogP contribution in [0.1, 0.15) is 24.3 Å². The molecule has 0 atom stereocenters. The van der Waals surface area contributed by atoms with Gasteiger partial charge in [0.2, 0.25) is 5.91 Å². The Balaban J connectivity index is 1.75. The molecule has 0 saturated carbocycles. The van der Waals surface area contributed by atoms with Crippen LogP contribution in [0.15, 0.2) is 60.0 Å². The van der Waals surface area contributed by atoms with Crippen LogP contribution in [0.3, 0.4) is 0 Å². The van der Waals surface area contributed by atoms with E-state index in [2.05, 4.69) is 5.32 Å². The smallest absolute Gasteiger partial charge is 0.322 e. The number of urea groups is 1. The Morgan fingerprint density at radius 2 is 1.76 bits per heavy atom. The number of ether oxygens (including phenoxy) is 2. The highest BCUT2D eigenvalue weighted by Gasteiger charge is 2.23. The Kier molecular flexibility index (Phi) is 10.3. The second-order valence-corrected chi connectivity index (χ2v) is 10.1. The van der Waals surface area contributed by atoms with Crippen molar-refractivity contribution in [2.45, 2.75) is 26.8 Å². The van der Waals surface area contributed by atoms with Crippen LogP contribution in [-0.4, -0.2) is 55.6 Å². The maximum Gasteiger partial charge on any atom is 0.322 e. The number of halogens is 1. The van der Waals surface area contributed by atoms with Gasteiger partial charge in [-0.05, 0) is 53.6 Å². The number of hydrogen-bond donors (Lipinski definition) is 1. The minimum absolute atomic E-state index is 0.0811. The molecule has 1 aromatic heterocycles. The summed E-state index contributed by atoms with van der Waals surface area (Å²) in [5.41, 5.74) is 1.08. The molecule has 1 heterocycles. The average molecular weight is 528 g/mol. The van der Waals surface area contributed by atoms with Gasteiger partial charge in [-0.1, -0.05) is 38.1 Å². The molecule has 0 aliphatic heterocycles. The predicted octanol–water partition coefficient (Wildman–Crippen LogP) is 5.67. The third-order valence-corrected chi connectivity index (χ3v) is 6.57. The molecule has 1 N–H and O–H groups in total. The number of methoxy groups -OCH3 is 2. The highest BCUT2D eigenvalue weighted by molar-refractivity contribution is 7.09. The van der Waals surface area contributed by atoms with Crippen LogP contribution in [0, 0.1) is 11.7 Å². The van der Waals surface area contributed by atoms with Crippen LogP contribution in [-0.2, 0) is 17.8 Å². The van der Waals surface area contributed by atoms with E-state index >= 15 is 0 Å². The first-order valence-corrected chi connectivity index (χ1v) is 13.0. The van der Waals surface area contributed by atoms with Crippen molar-refractivity contribution in [3.8, 4) is 11.5 Å². The van der Waals surface area contributed by atoms with Crippen molar-refractivity contribution in [3.63, 3.8) is 0 Å². The largest absolute Gasteiger partial charge is 0.493 e. The SMILES string of the molecule is COc1ccc(CCN(Cc2cccs2)C(=O)CN(CC(C)C)C(=O)Nc2ccccc2F)cc1OC. The van der Waals surface area contributed by atoms with E-state index in [1.54, 1.807) is 42.6 Å². The van der Waals surface area contributed by atoms with Gasteiger partial charge in [0.25, 0.3) is 0 Å². The number of thiophene rings is 1. The zero-order chi connectivity index (χ0) is 26.8. The van der Waals surface area contributed by atoms with E-state index in [0.717, 1.165) is 10.4 Å². The summed E-state index contributed by atoms with van der Waals surface area (Å²) in [6.45, 7) is 5.07. The fourth-order valence-electron chi connectivity index (χ4n) is 3.86. The first-order chi connectivity index (χ1) is 17.8. The summed E-state index contributed by atoms with van der Waals surface area (Å²) >= 11 is 1.58. The number of para-hydroxylation sites is 1. The van der Waals surface area contributed by atoms with E-state index < -0.39 is 11.8 Å². The second kappa shape index (κ2) is 13.6. The number of nitrogens with zero attached hydrogens (tertiary/aromatic N) is 2. The number of benzene rings is 2. The summed E-state index contributed by atoms with van der Waals surface area (Å²) in [4.78, 5) is 30.8. The summed E-state index contributed by atoms with van der Waals surface area (Å²) in [6, 6.07) is 15.1. The lowest BCUT2D eigenvalue weighted by Gasteiger charge is -2.29. The molecule has 9 heteroatoms. The van der Waals surface area contributed by atoms with Crippen LogP contribution in [0.25, 0.3) is 0 Å². The number of carbonyl (C=O) groups is 2. The van der Waals surface area contributed by atoms with Crippen LogP contribution >= 0.6 is 11.3 Å². The van der Waals surface area contributed by atoms with Crippen LogP contribution in [0.4, 0.5) is 14.9 Å². The number of carbonyl (C=O) groups excluding carboxylic acids is 2. The Labute approximate surface area is 221 Å². The maximum atomic E-state index is 14.1. The number of hydrogen-bond acceptors (Lipinski definition) is 5. The average Bonchev–Trinajstić information content (AvgIpc) is 3.40. The number of amides is 3. The quantitative estimate of drug-likeness (QED) is 0.330. The van der Waals surface area contributed by atoms with Gasteiger partial charge < -0.3 is 24.6 Å². The van der Waals surface area contributed by atoms with Crippen molar-refractivity contribution < 1.29 is 23.5 Å². The number of anilines is 1. The molecule has 0 radical (unpaired) electrons. The molecule has 3 amide bonds. The van der Waals surface area contributed by atoms with Crippen molar-refractivity contribution in [3.05, 3.63) is 76.2 Å². The fourth-order valence-corrected chi connectivity index (χ4v) is 4.58. The van der Waals surface area contributed by atoms with Crippen LogP contribution < -0.4 is 14.8 Å². The second-order valence-electron chi connectivity index (χ2n) is 9.02. The van der Waals surface area contributed by atoms with Crippen LogP contribution in [0.2, 0.25) is 0 Å². The van der Waals surface area contributed by atoms with Crippen molar-refractivity contribution >= 4 is 29.0 Å². The summed E-state index contributed by atoms with van der Waals surface area (Å²) in [6.07, 6.45) is 0.600. The predicted molar refractivity (Wildman–Crippen MR) is 145 cm³/mol. The van der Waals surface area contributed by atoms with Gasteiger partial charge in [0.15, 0.2) is 11.5 Å². The molecule has 7 nitrogen and oxygen atoms in total. The molecule has 0 unspecified atom stereocenters. The first kappa shape index (κ1) is 28.0. The third-order valence-electron chi connectivity index (χ3n) is 5.71.